The molecule has 108 valence electrons. The third-order valence-corrected chi connectivity index (χ3v) is 3.36. The number of hydrogen-bond acceptors (Lipinski definition) is 3. The Labute approximate surface area is 115 Å². The molecular weight excluding hydrogens is 243 g/mol. The molecule has 0 aromatic heterocycles. The average Bonchev–Trinajstić information content (AvgIpc) is 2.41. The fourth-order valence-electron chi connectivity index (χ4n) is 2.23. The highest BCUT2D eigenvalue weighted by Crippen LogP contribution is 2.21. The lowest BCUT2D eigenvalue weighted by Gasteiger charge is -2.30. The fraction of sp³-hybridized carbons (Fsp3) is 0.600. The summed E-state index contributed by atoms with van der Waals surface area (Å²) in [5.41, 5.74) is 7.63. The van der Waals surface area contributed by atoms with Gasteiger partial charge in [-0.15, -0.1) is 0 Å². The van der Waals surface area contributed by atoms with Crippen molar-refractivity contribution in [1.82, 2.24) is 4.90 Å². The lowest BCUT2D eigenvalue weighted by Crippen LogP contribution is -2.36. The molecule has 0 aliphatic carbocycles. The average molecular weight is 268 g/mol. The minimum Gasteiger partial charge on any atom is -0.380 e. The number of aryl methyl sites for hydroxylation is 1. The first-order chi connectivity index (χ1) is 9.13. The molecule has 0 bridgehead atoms. The van der Waals surface area contributed by atoms with E-state index in [1.54, 1.807) is 6.92 Å². The van der Waals surface area contributed by atoms with Crippen molar-refractivity contribution >= 4 is 0 Å². The molecular formula is C15H25FN2O. The molecule has 0 saturated heterocycles. The van der Waals surface area contributed by atoms with Gasteiger partial charge in [-0.2, -0.15) is 0 Å². The van der Waals surface area contributed by atoms with Gasteiger partial charge in [0.15, 0.2) is 0 Å². The normalized spacial score (nSPS) is 12.9. The number of hydrogen-bond donors (Lipinski definition) is 1. The maximum atomic E-state index is 13.3. The maximum Gasteiger partial charge on any atom is 0.126 e. The molecule has 1 rings (SSSR count). The Morgan fingerprint density at radius 3 is 2.63 bits per heavy atom. The van der Waals surface area contributed by atoms with Gasteiger partial charge in [0.25, 0.3) is 0 Å². The molecule has 4 heteroatoms. The Morgan fingerprint density at radius 2 is 2.11 bits per heavy atom. The third kappa shape index (κ3) is 4.56. The zero-order chi connectivity index (χ0) is 14.3. The summed E-state index contributed by atoms with van der Waals surface area (Å²) in [7, 11) is 0. The van der Waals surface area contributed by atoms with Gasteiger partial charge in [0.1, 0.15) is 5.82 Å². The van der Waals surface area contributed by atoms with Crippen LogP contribution in [0.4, 0.5) is 4.39 Å². The van der Waals surface area contributed by atoms with E-state index in [-0.39, 0.29) is 11.9 Å². The monoisotopic (exact) mass is 268 g/mol. The standard InChI is InChI=1S/C15H25FN2O/c1-4-18(8-9-19-5-2)15(11-17)13-6-7-14(16)12(3)10-13/h6-7,10,15H,4-5,8-9,11,17H2,1-3H3. The number of nitrogens with zero attached hydrogens (tertiary/aromatic N) is 1. The molecule has 0 aliphatic heterocycles. The van der Waals surface area contributed by atoms with E-state index >= 15 is 0 Å². The van der Waals surface area contributed by atoms with Crippen molar-refractivity contribution in [3.05, 3.63) is 35.1 Å². The van der Waals surface area contributed by atoms with E-state index in [0.29, 0.717) is 18.7 Å². The molecule has 0 aliphatic rings. The minimum absolute atomic E-state index is 0.116. The van der Waals surface area contributed by atoms with E-state index in [0.717, 1.165) is 25.3 Å². The molecule has 0 fully saturated rings. The SMILES string of the molecule is CCOCCN(CC)C(CN)c1ccc(F)c(C)c1. The largest absolute Gasteiger partial charge is 0.380 e. The Hall–Kier alpha value is -0.970. The van der Waals surface area contributed by atoms with E-state index in [4.69, 9.17) is 10.5 Å². The molecule has 1 unspecified atom stereocenters. The molecule has 19 heavy (non-hydrogen) atoms. The highest BCUT2D eigenvalue weighted by atomic mass is 19.1. The van der Waals surface area contributed by atoms with Crippen LogP contribution in [0.3, 0.4) is 0 Å². The van der Waals surface area contributed by atoms with Gasteiger partial charge in [0.05, 0.1) is 6.61 Å². The second-order valence-corrected chi connectivity index (χ2v) is 4.59. The molecule has 2 N–H and O–H groups in total. The first kappa shape index (κ1) is 16.1. The van der Waals surface area contributed by atoms with Crippen molar-refractivity contribution in [2.45, 2.75) is 26.8 Å². The van der Waals surface area contributed by atoms with Gasteiger partial charge in [0, 0.05) is 25.7 Å². The highest BCUT2D eigenvalue weighted by Gasteiger charge is 2.18. The third-order valence-electron chi connectivity index (χ3n) is 3.36. The summed E-state index contributed by atoms with van der Waals surface area (Å²) < 4.78 is 18.7. The van der Waals surface area contributed by atoms with Crippen molar-refractivity contribution in [3.8, 4) is 0 Å². The predicted octanol–water partition coefficient (Wildman–Crippen LogP) is 2.49. The summed E-state index contributed by atoms with van der Waals surface area (Å²) in [5.74, 6) is -0.170. The van der Waals surface area contributed by atoms with Crippen LogP contribution in [0.5, 0.6) is 0 Å². The maximum absolute atomic E-state index is 13.3. The second kappa shape index (κ2) is 8.25. The summed E-state index contributed by atoms with van der Waals surface area (Å²) in [5, 5.41) is 0. The molecule has 1 atom stereocenters. The predicted molar refractivity (Wildman–Crippen MR) is 76.7 cm³/mol. The zero-order valence-corrected chi connectivity index (χ0v) is 12.2. The van der Waals surface area contributed by atoms with Gasteiger partial charge >= 0.3 is 0 Å². The summed E-state index contributed by atoms with van der Waals surface area (Å²) >= 11 is 0. The van der Waals surface area contributed by atoms with Gasteiger partial charge in [-0.1, -0.05) is 19.1 Å². The number of ether oxygens (including phenoxy) is 1. The van der Waals surface area contributed by atoms with Gasteiger partial charge in [-0.3, -0.25) is 4.90 Å². The van der Waals surface area contributed by atoms with Crippen LogP contribution in [0.15, 0.2) is 18.2 Å². The van der Waals surface area contributed by atoms with Crippen LogP contribution in [0.1, 0.15) is 31.0 Å². The van der Waals surface area contributed by atoms with Crippen LogP contribution < -0.4 is 5.73 Å². The van der Waals surface area contributed by atoms with Crippen molar-refractivity contribution in [3.63, 3.8) is 0 Å². The number of nitrogens with two attached hydrogens (primary N) is 1. The number of rotatable bonds is 8. The van der Waals surface area contributed by atoms with Crippen molar-refractivity contribution in [2.24, 2.45) is 5.73 Å². The summed E-state index contributed by atoms with van der Waals surface area (Å²) in [4.78, 5) is 2.27. The second-order valence-electron chi connectivity index (χ2n) is 4.59. The summed E-state index contributed by atoms with van der Waals surface area (Å²) in [6.07, 6.45) is 0. The quantitative estimate of drug-likeness (QED) is 0.736. The van der Waals surface area contributed by atoms with Gasteiger partial charge in [-0.05, 0) is 37.6 Å². The fourth-order valence-corrected chi connectivity index (χ4v) is 2.23. The molecule has 0 radical (unpaired) electrons. The first-order valence-corrected chi connectivity index (χ1v) is 6.91. The Bertz CT molecular complexity index is 384. The molecule has 0 amide bonds. The lowest BCUT2D eigenvalue weighted by molar-refractivity contribution is 0.0980. The molecule has 1 aromatic carbocycles. The van der Waals surface area contributed by atoms with Gasteiger partial charge < -0.3 is 10.5 Å². The van der Waals surface area contributed by atoms with Crippen molar-refractivity contribution in [2.75, 3.05) is 32.8 Å². The Kier molecular flexibility index (Phi) is 6.99. The van der Waals surface area contributed by atoms with Crippen LogP contribution in [-0.4, -0.2) is 37.7 Å². The van der Waals surface area contributed by atoms with Crippen LogP contribution in [0.2, 0.25) is 0 Å². The van der Waals surface area contributed by atoms with Gasteiger partial charge in [0.2, 0.25) is 0 Å². The number of likely N-dealkylation sites (N-methyl/N-ethyl adjacent to an activating group) is 1. The van der Waals surface area contributed by atoms with Crippen LogP contribution in [-0.2, 0) is 4.74 Å². The Morgan fingerprint density at radius 1 is 1.37 bits per heavy atom. The minimum atomic E-state index is -0.170. The van der Waals surface area contributed by atoms with Crippen molar-refractivity contribution in [1.29, 1.82) is 0 Å². The first-order valence-electron chi connectivity index (χ1n) is 6.91. The Balaban J connectivity index is 2.80. The number of benzene rings is 1. The van der Waals surface area contributed by atoms with E-state index in [1.165, 1.54) is 6.07 Å². The summed E-state index contributed by atoms with van der Waals surface area (Å²) in [6, 6.07) is 5.34. The molecule has 3 nitrogen and oxygen atoms in total. The van der Waals surface area contributed by atoms with E-state index in [9.17, 15) is 4.39 Å². The van der Waals surface area contributed by atoms with Crippen LogP contribution in [0, 0.1) is 12.7 Å². The van der Waals surface area contributed by atoms with Crippen LogP contribution in [0.25, 0.3) is 0 Å². The van der Waals surface area contributed by atoms with E-state index < -0.39 is 0 Å². The number of halogens is 1. The lowest BCUT2D eigenvalue weighted by atomic mass is 10.0. The van der Waals surface area contributed by atoms with Crippen molar-refractivity contribution < 1.29 is 9.13 Å². The van der Waals surface area contributed by atoms with E-state index in [1.807, 2.05) is 19.1 Å². The molecule has 1 aromatic rings. The smallest absolute Gasteiger partial charge is 0.126 e. The summed E-state index contributed by atoms with van der Waals surface area (Å²) in [6.45, 7) is 9.54. The molecule has 0 heterocycles. The highest BCUT2D eigenvalue weighted by molar-refractivity contribution is 5.26. The van der Waals surface area contributed by atoms with Gasteiger partial charge in [-0.25, -0.2) is 4.39 Å². The topological polar surface area (TPSA) is 38.5 Å². The van der Waals surface area contributed by atoms with E-state index in [2.05, 4.69) is 11.8 Å². The molecule has 0 saturated carbocycles. The van der Waals surface area contributed by atoms with Crippen LogP contribution >= 0.6 is 0 Å². The zero-order valence-electron chi connectivity index (χ0n) is 12.2. The molecule has 0 spiro atoms.